The van der Waals surface area contributed by atoms with E-state index in [9.17, 15) is 9.90 Å². The molecule has 0 saturated heterocycles. The number of phenols is 1. The summed E-state index contributed by atoms with van der Waals surface area (Å²) in [5, 5.41) is 12.9. The average Bonchev–Trinajstić information content (AvgIpc) is 2.61. The van der Waals surface area contributed by atoms with Crippen LogP contribution in [0.4, 0.5) is 5.69 Å². The summed E-state index contributed by atoms with van der Waals surface area (Å²) >= 11 is 11.6. The summed E-state index contributed by atoms with van der Waals surface area (Å²) in [4.78, 5) is 14.6. The summed E-state index contributed by atoms with van der Waals surface area (Å²) in [7, 11) is 0. The van der Waals surface area contributed by atoms with E-state index in [1.54, 1.807) is 23.9 Å². The Kier molecular flexibility index (Phi) is 6.45. The van der Waals surface area contributed by atoms with Crippen molar-refractivity contribution in [2.24, 2.45) is 0 Å². The van der Waals surface area contributed by atoms with E-state index < -0.39 is 0 Å². The molecule has 0 unspecified atom stereocenters. The lowest BCUT2D eigenvalue weighted by Crippen LogP contribution is -2.12. The van der Waals surface area contributed by atoms with Gasteiger partial charge in [-0.25, -0.2) is 0 Å². The molecular weight excluding hydrogens is 546 g/mol. The van der Waals surface area contributed by atoms with Crippen LogP contribution in [-0.4, -0.2) is 11.0 Å². The van der Waals surface area contributed by atoms with E-state index in [2.05, 4.69) is 53.1 Å². The standard InChI is InChI=1S/C19H12Br3NO2S/c20-11-1-5-14(6-2-11)26-15-7-3-13(4-8-15)23-19(25)16-9-12(21)10-17(22)18(16)24/h1-10,24H,(H,23,25). The minimum absolute atomic E-state index is 0.0897. The summed E-state index contributed by atoms with van der Waals surface area (Å²) in [6.45, 7) is 0. The number of anilines is 1. The summed E-state index contributed by atoms with van der Waals surface area (Å²) in [6, 6.07) is 18.9. The molecule has 0 heterocycles. The molecule has 3 rings (SSSR count). The number of halogens is 3. The van der Waals surface area contributed by atoms with E-state index in [0.717, 1.165) is 14.3 Å². The Hall–Kier alpha value is -1.28. The summed E-state index contributed by atoms with van der Waals surface area (Å²) in [5.41, 5.74) is 0.852. The second-order valence-electron chi connectivity index (χ2n) is 5.32. The van der Waals surface area contributed by atoms with Crippen molar-refractivity contribution in [3.05, 3.63) is 79.6 Å². The molecule has 0 atom stereocenters. The highest BCUT2D eigenvalue weighted by molar-refractivity contribution is 9.11. The number of aromatic hydroxyl groups is 1. The lowest BCUT2D eigenvalue weighted by atomic mass is 10.2. The number of carbonyl (C=O) groups excluding carboxylic acids is 1. The molecule has 7 heteroatoms. The second-order valence-corrected chi connectivity index (χ2v) is 9.15. The number of phenolic OH excluding ortho intramolecular Hbond substituents is 1. The Morgan fingerprint density at radius 3 is 2.04 bits per heavy atom. The number of hydrogen-bond donors (Lipinski definition) is 2. The highest BCUT2D eigenvalue weighted by atomic mass is 79.9. The zero-order valence-electron chi connectivity index (χ0n) is 13.2. The number of hydrogen-bond acceptors (Lipinski definition) is 3. The number of amides is 1. The molecule has 0 aromatic heterocycles. The third kappa shape index (κ3) is 4.91. The van der Waals surface area contributed by atoms with Crippen molar-refractivity contribution >= 4 is 71.1 Å². The van der Waals surface area contributed by atoms with Crippen LogP contribution in [0.5, 0.6) is 5.75 Å². The summed E-state index contributed by atoms with van der Waals surface area (Å²) in [6.07, 6.45) is 0. The van der Waals surface area contributed by atoms with Gasteiger partial charge in [0.2, 0.25) is 0 Å². The van der Waals surface area contributed by atoms with Crippen LogP contribution in [0.15, 0.2) is 83.9 Å². The fraction of sp³-hybridized carbons (Fsp3) is 0. The summed E-state index contributed by atoms with van der Waals surface area (Å²) in [5.74, 6) is -0.467. The lowest BCUT2D eigenvalue weighted by Gasteiger charge is -2.09. The Morgan fingerprint density at radius 2 is 1.42 bits per heavy atom. The van der Waals surface area contributed by atoms with Gasteiger partial charge in [0.15, 0.2) is 0 Å². The molecule has 0 radical (unpaired) electrons. The van der Waals surface area contributed by atoms with Crippen LogP contribution >= 0.6 is 59.6 Å². The van der Waals surface area contributed by atoms with Crippen LogP contribution in [0.3, 0.4) is 0 Å². The Morgan fingerprint density at radius 1 is 0.846 bits per heavy atom. The van der Waals surface area contributed by atoms with Crippen molar-refractivity contribution < 1.29 is 9.90 Å². The molecule has 0 saturated carbocycles. The van der Waals surface area contributed by atoms with Gasteiger partial charge < -0.3 is 10.4 Å². The van der Waals surface area contributed by atoms with Gasteiger partial charge in [0, 0.05) is 24.4 Å². The zero-order valence-corrected chi connectivity index (χ0v) is 18.7. The molecule has 2 N–H and O–H groups in total. The Balaban J connectivity index is 1.71. The van der Waals surface area contributed by atoms with Gasteiger partial charge in [-0.15, -0.1) is 0 Å². The predicted octanol–water partition coefficient (Wildman–Crippen LogP) is 7.08. The molecule has 0 aliphatic rings. The van der Waals surface area contributed by atoms with Gasteiger partial charge in [-0.2, -0.15) is 0 Å². The van der Waals surface area contributed by atoms with Gasteiger partial charge in [-0.05, 0) is 76.6 Å². The van der Waals surface area contributed by atoms with E-state index in [1.165, 1.54) is 0 Å². The SMILES string of the molecule is O=C(Nc1ccc(Sc2ccc(Br)cc2)cc1)c1cc(Br)cc(Br)c1O. The van der Waals surface area contributed by atoms with Crippen molar-refractivity contribution in [3.63, 3.8) is 0 Å². The van der Waals surface area contributed by atoms with E-state index >= 15 is 0 Å². The van der Waals surface area contributed by atoms with Gasteiger partial charge in [-0.3, -0.25) is 4.79 Å². The maximum Gasteiger partial charge on any atom is 0.259 e. The van der Waals surface area contributed by atoms with Crippen LogP contribution in [0.1, 0.15) is 10.4 Å². The first-order chi connectivity index (χ1) is 12.4. The van der Waals surface area contributed by atoms with Crippen molar-refractivity contribution in [3.8, 4) is 5.75 Å². The first-order valence-electron chi connectivity index (χ1n) is 7.45. The van der Waals surface area contributed by atoms with E-state index in [1.807, 2.05) is 48.5 Å². The molecule has 0 aliphatic heterocycles. The third-order valence-corrected chi connectivity index (χ3v) is 6.04. The Bertz CT molecular complexity index is 944. The van der Waals surface area contributed by atoms with Gasteiger partial charge in [-0.1, -0.05) is 43.6 Å². The predicted molar refractivity (Wildman–Crippen MR) is 116 cm³/mol. The van der Waals surface area contributed by atoms with Crippen molar-refractivity contribution in [2.75, 3.05) is 5.32 Å². The smallest absolute Gasteiger partial charge is 0.259 e. The largest absolute Gasteiger partial charge is 0.506 e. The number of rotatable bonds is 4. The molecule has 0 spiro atoms. The number of benzene rings is 3. The third-order valence-electron chi connectivity index (χ3n) is 3.43. The van der Waals surface area contributed by atoms with Crippen molar-refractivity contribution in [1.82, 2.24) is 0 Å². The molecule has 3 aromatic carbocycles. The summed E-state index contributed by atoms with van der Waals surface area (Å²) < 4.78 is 2.20. The van der Waals surface area contributed by atoms with Crippen LogP contribution < -0.4 is 5.32 Å². The topological polar surface area (TPSA) is 49.3 Å². The van der Waals surface area contributed by atoms with Gasteiger partial charge in [0.25, 0.3) is 5.91 Å². The Labute approximate surface area is 180 Å². The van der Waals surface area contributed by atoms with Crippen molar-refractivity contribution in [2.45, 2.75) is 9.79 Å². The monoisotopic (exact) mass is 555 g/mol. The maximum absolute atomic E-state index is 12.4. The molecule has 3 nitrogen and oxygen atoms in total. The first kappa shape index (κ1) is 19.5. The quantitative estimate of drug-likeness (QED) is 0.360. The van der Waals surface area contributed by atoms with Crippen molar-refractivity contribution in [1.29, 1.82) is 0 Å². The molecule has 0 bridgehead atoms. The van der Waals surface area contributed by atoms with E-state index in [-0.39, 0.29) is 17.2 Å². The molecule has 1 amide bonds. The molecule has 26 heavy (non-hydrogen) atoms. The molecule has 0 fully saturated rings. The minimum Gasteiger partial charge on any atom is -0.506 e. The highest BCUT2D eigenvalue weighted by Crippen LogP contribution is 2.33. The molecule has 3 aromatic rings. The second kappa shape index (κ2) is 8.61. The first-order valence-corrected chi connectivity index (χ1v) is 10.6. The van der Waals surface area contributed by atoms with Crippen LogP contribution in [0.25, 0.3) is 0 Å². The van der Waals surface area contributed by atoms with Crippen LogP contribution in [0, 0.1) is 0 Å². The van der Waals surface area contributed by atoms with E-state index in [4.69, 9.17) is 0 Å². The van der Waals surface area contributed by atoms with Gasteiger partial charge in [0.1, 0.15) is 5.75 Å². The average molecular weight is 558 g/mol. The van der Waals surface area contributed by atoms with Gasteiger partial charge in [0.05, 0.1) is 10.0 Å². The maximum atomic E-state index is 12.4. The van der Waals surface area contributed by atoms with Crippen LogP contribution in [0.2, 0.25) is 0 Å². The van der Waals surface area contributed by atoms with E-state index in [0.29, 0.717) is 14.6 Å². The zero-order chi connectivity index (χ0) is 18.7. The molecule has 0 aliphatic carbocycles. The lowest BCUT2D eigenvalue weighted by molar-refractivity contribution is 0.102. The number of nitrogens with one attached hydrogen (secondary N) is 1. The normalized spacial score (nSPS) is 10.6. The molecule has 132 valence electrons. The number of carbonyl (C=O) groups is 1. The minimum atomic E-state index is -0.377. The van der Waals surface area contributed by atoms with Crippen LogP contribution in [-0.2, 0) is 0 Å². The molecular formula is C19H12Br3NO2S. The van der Waals surface area contributed by atoms with Gasteiger partial charge >= 0.3 is 0 Å². The highest BCUT2D eigenvalue weighted by Gasteiger charge is 2.15. The fourth-order valence-electron chi connectivity index (χ4n) is 2.18. The fourth-order valence-corrected chi connectivity index (χ4v) is 4.49.